The predicted molar refractivity (Wildman–Crippen MR) is 236 cm³/mol. The molecule has 1 aliphatic rings. The summed E-state index contributed by atoms with van der Waals surface area (Å²) in [5.74, 6) is -0.831. The first-order valence-electron chi connectivity index (χ1n) is 23.9. The third kappa shape index (κ3) is 29.0. The van der Waals surface area contributed by atoms with Gasteiger partial charge in [0, 0.05) is 12.8 Å². The van der Waals surface area contributed by atoms with Crippen LogP contribution in [0.5, 0.6) is 0 Å². The number of quaternary nitrogens is 1. The van der Waals surface area contributed by atoms with Crippen LogP contribution in [-0.2, 0) is 42.6 Å². The fourth-order valence-corrected chi connectivity index (χ4v) is 8.28. The van der Waals surface area contributed by atoms with Gasteiger partial charge in [0.15, 0.2) is 6.10 Å². The molecule has 1 aliphatic heterocycles. The zero-order chi connectivity index (χ0) is 43.9. The molecule has 0 bridgehead atoms. The van der Waals surface area contributed by atoms with Crippen LogP contribution in [0.2, 0.25) is 0 Å². The summed E-state index contributed by atoms with van der Waals surface area (Å²) in [6.45, 7) is 8.70. The van der Waals surface area contributed by atoms with Crippen molar-refractivity contribution < 1.29 is 52.0 Å². The molecule has 349 valence electrons. The van der Waals surface area contributed by atoms with Crippen molar-refractivity contribution >= 4 is 19.8 Å². The van der Waals surface area contributed by atoms with Crippen LogP contribution < -0.4 is 0 Å². The van der Waals surface area contributed by atoms with E-state index >= 15 is 0 Å². The van der Waals surface area contributed by atoms with E-state index in [-0.39, 0.29) is 32.0 Å². The maximum Gasteiger partial charge on any atom is 0.472 e. The minimum atomic E-state index is -4.39. The van der Waals surface area contributed by atoms with Crippen LogP contribution >= 0.6 is 7.82 Å². The number of unbranched alkanes of at least 4 members (excludes halogenated alkanes) is 22. The fourth-order valence-electron chi connectivity index (χ4n) is 7.54. The average Bonchev–Trinajstić information content (AvgIpc) is 3.40. The van der Waals surface area contributed by atoms with Crippen molar-refractivity contribution in [1.82, 2.24) is 5.06 Å². The molecule has 1 heterocycles. The van der Waals surface area contributed by atoms with Gasteiger partial charge in [-0.25, -0.2) is 4.57 Å². The third-order valence-corrected chi connectivity index (χ3v) is 12.4. The molecule has 0 aliphatic carbocycles. The molecule has 1 fully saturated rings. The third-order valence-electron chi connectivity index (χ3n) is 11.4. The summed E-state index contributed by atoms with van der Waals surface area (Å²) in [6.07, 6.45) is 29.5. The number of likely N-dealkylation sites (N-methyl/N-ethyl adjacent to an activating group) is 1. The zero-order valence-corrected chi connectivity index (χ0v) is 40.0. The standard InChI is InChI=1S/C46H90N2O10P/c1-8-10-12-13-14-15-16-17-18-21-24-27-30-33-43(49)54-39-42(40-57-59(52,53)56-38-37-48(5,6)7)58-44(50)34-31-28-25-22-19-20-23-26-29-32-36-46(35-11-9-2)47(51)45(3,4)41-55-46/h42H,8-41H2,1-7H3/p+1/t42-,46?/m1/s1. The molecule has 0 aromatic rings. The van der Waals surface area contributed by atoms with Gasteiger partial charge in [0.1, 0.15) is 25.5 Å². The van der Waals surface area contributed by atoms with Crippen molar-refractivity contribution in [3.8, 4) is 0 Å². The molecule has 0 aromatic carbocycles. The van der Waals surface area contributed by atoms with E-state index in [1.807, 2.05) is 35.0 Å². The Morgan fingerprint density at radius 3 is 1.56 bits per heavy atom. The Bertz CT molecular complexity index is 1120. The SMILES string of the molecule is CCCCCCCCCCCCCCCC(=O)OC[C@H](COP(=O)(O)OCC[N+](C)(C)C)OC(=O)CCCCCCCCCCCCC1(CCCC)OCC(C)(C)N1[O]. The second kappa shape index (κ2) is 32.5. The highest BCUT2D eigenvalue weighted by Crippen LogP contribution is 2.43. The summed E-state index contributed by atoms with van der Waals surface area (Å²) in [6, 6.07) is 0. The van der Waals surface area contributed by atoms with E-state index in [0.29, 0.717) is 24.1 Å². The van der Waals surface area contributed by atoms with Crippen molar-refractivity contribution in [3.05, 3.63) is 0 Å². The predicted octanol–water partition coefficient (Wildman–Crippen LogP) is 11.8. The van der Waals surface area contributed by atoms with E-state index in [9.17, 15) is 24.3 Å². The van der Waals surface area contributed by atoms with E-state index < -0.39 is 37.8 Å². The zero-order valence-electron chi connectivity index (χ0n) is 39.1. The Hall–Kier alpha value is -1.11. The number of esters is 2. The van der Waals surface area contributed by atoms with E-state index in [4.69, 9.17) is 23.3 Å². The molecule has 3 atom stereocenters. The lowest BCUT2D eigenvalue weighted by molar-refractivity contribution is -0.870. The summed E-state index contributed by atoms with van der Waals surface area (Å²) >= 11 is 0. The van der Waals surface area contributed by atoms with Crippen molar-refractivity contribution in [2.45, 2.75) is 231 Å². The van der Waals surface area contributed by atoms with Crippen LogP contribution in [0.1, 0.15) is 214 Å². The van der Waals surface area contributed by atoms with Gasteiger partial charge in [-0.15, -0.1) is 10.3 Å². The molecule has 59 heavy (non-hydrogen) atoms. The minimum Gasteiger partial charge on any atom is -0.462 e. The highest BCUT2D eigenvalue weighted by Gasteiger charge is 2.51. The van der Waals surface area contributed by atoms with Gasteiger partial charge in [-0.2, -0.15) is 0 Å². The van der Waals surface area contributed by atoms with Gasteiger partial charge in [-0.05, 0) is 52.4 Å². The highest BCUT2D eigenvalue weighted by atomic mass is 31.2. The van der Waals surface area contributed by atoms with Crippen LogP contribution in [0.15, 0.2) is 0 Å². The van der Waals surface area contributed by atoms with E-state index in [1.165, 1.54) is 82.1 Å². The number of phosphoric ester groups is 1. The Kier molecular flexibility index (Phi) is 30.8. The Balaban J connectivity index is 2.32. The molecule has 1 radical (unpaired) electrons. The van der Waals surface area contributed by atoms with Crippen LogP contribution in [0.25, 0.3) is 0 Å². The Morgan fingerprint density at radius 2 is 1.10 bits per heavy atom. The van der Waals surface area contributed by atoms with Gasteiger partial charge < -0.3 is 23.6 Å². The number of nitrogens with zero attached hydrogens (tertiary/aromatic N) is 2. The van der Waals surface area contributed by atoms with Crippen molar-refractivity contribution in [2.24, 2.45) is 0 Å². The van der Waals surface area contributed by atoms with E-state index in [2.05, 4.69) is 13.8 Å². The van der Waals surface area contributed by atoms with Gasteiger partial charge in [0.2, 0.25) is 0 Å². The second-order valence-corrected chi connectivity index (χ2v) is 20.3. The molecule has 2 unspecified atom stereocenters. The lowest BCUT2D eigenvalue weighted by Crippen LogP contribution is -2.49. The maximum absolute atomic E-state index is 13.0. The van der Waals surface area contributed by atoms with Crippen molar-refractivity contribution in [3.63, 3.8) is 0 Å². The van der Waals surface area contributed by atoms with E-state index in [0.717, 1.165) is 89.9 Å². The maximum atomic E-state index is 13.0. The lowest BCUT2D eigenvalue weighted by Gasteiger charge is -2.35. The second-order valence-electron chi connectivity index (χ2n) is 18.9. The van der Waals surface area contributed by atoms with Crippen LogP contribution in [0, 0.1) is 0 Å². The van der Waals surface area contributed by atoms with Gasteiger partial charge in [-0.3, -0.25) is 18.6 Å². The van der Waals surface area contributed by atoms with Gasteiger partial charge in [0.25, 0.3) is 0 Å². The summed E-state index contributed by atoms with van der Waals surface area (Å²) in [4.78, 5) is 35.5. The first-order valence-corrected chi connectivity index (χ1v) is 25.4. The number of hydroxylamine groups is 2. The molecule has 0 saturated carbocycles. The first-order chi connectivity index (χ1) is 28.1. The largest absolute Gasteiger partial charge is 0.472 e. The number of hydrogen-bond acceptors (Lipinski definition) is 9. The van der Waals surface area contributed by atoms with Crippen molar-refractivity contribution in [2.75, 3.05) is 54.1 Å². The summed E-state index contributed by atoms with van der Waals surface area (Å²) in [5.41, 5.74) is -1.11. The smallest absolute Gasteiger partial charge is 0.462 e. The van der Waals surface area contributed by atoms with E-state index in [1.54, 1.807) is 0 Å². The number of hydrogen-bond donors (Lipinski definition) is 1. The quantitative estimate of drug-likeness (QED) is 0.0274. The molecule has 1 saturated heterocycles. The number of carbonyl (C=O) groups excluding carboxylic acids is 2. The number of ether oxygens (including phenoxy) is 3. The number of rotatable bonds is 40. The average molecular weight is 863 g/mol. The molecule has 12 nitrogen and oxygen atoms in total. The molecular formula is C46H91N2O10P+. The molecular weight excluding hydrogens is 771 g/mol. The molecule has 0 amide bonds. The fraction of sp³-hybridized carbons (Fsp3) is 0.957. The highest BCUT2D eigenvalue weighted by molar-refractivity contribution is 7.47. The monoisotopic (exact) mass is 863 g/mol. The lowest BCUT2D eigenvalue weighted by atomic mass is 9.95. The number of carbonyl (C=O) groups is 2. The van der Waals surface area contributed by atoms with Crippen LogP contribution in [0.4, 0.5) is 0 Å². The van der Waals surface area contributed by atoms with Crippen LogP contribution in [0.3, 0.4) is 0 Å². The Morgan fingerprint density at radius 1 is 0.661 bits per heavy atom. The summed E-state index contributed by atoms with van der Waals surface area (Å²) < 4.78 is 40.5. The molecule has 0 spiro atoms. The number of phosphoric acid groups is 1. The van der Waals surface area contributed by atoms with Gasteiger partial charge >= 0.3 is 19.8 Å². The topological polar surface area (TPSA) is 141 Å². The summed E-state index contributed by atoms with van der Waals surface area (Å²) in [5, 5.41) is 14.3. The minimum absolute atomic E-state index is 0.0205. The van der Waals surface area contributed by atoms with Gasteiger partial charge in [0.05, 0.1) is 39.9 Å². The first kappa shape index (κ1) is 55.9. The Labute approximate surface area is 361 Å². The normalized spacial score (nSPS) is 18.5. The molecule has 0 aromatic heterocycles. The van der Waals surface area contributed by atoms with Crippen LogP contribution in [-0.4, -0.2) is 97.9 Å². The van der Waals surface area contributed by atoms with Gasteiger partial charge in [-0.1, -0.05) is 149 Å². The van der Waals surface area contributed by atoms with Crippen molar-refractivity contribution in [1.29, 1.82) is 0 Å². The molecule has 1 rings (SSSR count). The summed E-state index contributed by atoms with van der Waals surface area (Å²) in [7, 11) is 1.44. The molecule has 13 heteroatoms. The molecule has 1 N–H and O–H groups in total.